The molecular weight excluding hydrogens is 316 g/mol. The van der Waals surface area contributed by atoms with Crippen molar-refractivity contribution in [2.45, 2.75) is 33.2 Å². The van der Waals surface area contributed by atoms with E-state index in [1.807, 2.05) is 13.0 Å². The zero-order valence-corrected chi connectivity index (χ0v) is 14.4. The summed E-state index contributed by atoms with van der Waals surface area (Å²) in [6, 6.07) is 6.79. The highest BCUT2D eigenvalue weighted by Gasteiger charge is 2.26. The molecule has 0 bridgehead atoms. The molecule has 0 unspecified atom stereocenters. The van der Waals surface area contributed by atoms with E-state index in [1.165, 1.54) is 6.92 Å². The molecule has 0 radical (unpaired) electrons. The maximum absolute atomic E-state index is 12.2. The van der Waals surface area contributed by atoms with E-state index >= 15 is 0 Å². The van der Waals surface area contributed by atoms with Crippen molar-refractivity contribution in [1.82, 2.24) is 10.2 Å². The molecule has 1 fully saturated rings. The Kier molecular flexibility index (Phi) is 5.87. The molecule has 1 N–H and O–H groups in total. The zero-order chi connectivity index (χ0) is 16.9. The van der Waals surface area contributed by atoms with Crippen LogP contribution in [0.1, 0.15) is 32.3 Å². The molecule has 0 spiro atoms. The monoisotopic (exact) mass is 340 g/mol. The van der Waals surface area contributed by atoms with Crippen LogP contribution in [0.15, 0.2) is 24.3 Å². The fourth-order valence-corrected chi connectivity index (χ4v) is 2.73. The summed E-state index contributed by atoms with van der Waals surface area (Å²) in [4.78, 5) is 13.9. The van der Waals surface area contributed by atoms with Crippen LogP contribution in [0.3, 0.4) is 0 Å². The van der Waals surface area contributed by atoms with E-state index in [-0.39, 0.29) is 17.5 Å². The number of carbonyl (C=O) groups is 1. The summed E-state index contributed by atoms with van der Waals surface area (Å²) in [5.41, 5.74) is 0.848. The fourth-order valence-electron chi connectivity index (χ4n) is 2.22. The largest absolute Gasteiger partial charge is 0.382 e. The minimum absolute atomic E-state index is 0.0794. The van der Waals surface area contributed by atoms with Gasteiger partial charge in [0.25, 0.3) is 0 Å². The highest BCUT2D eigenvalue weighted by Crippen LogP contribution is 2.30. The van der Waals surface area contributed by atoms with Crippen LogP contribution in [0, 0.1) is 5.92 Å². The van der Waals surface area contributed by atoms with E-state index in [0.717, 1.165) is 24.9 Å². The summed E-state index contributed by atoms with van der Waals surface area (Å²) in [5, 5.41) is 2.82. The number of amides is 2. The van der Waals surface area contributed by atoms with Crippen molar-refractivity contribution >= 4 is 16.1 Å². The first-order valence-electron chi connectivity index (χ1n) is 7.97. The molecule has 128 valence electrons. The van der Waals surface area contributed by atoms with Crippen molar-refractivity contribution in [1.29, 1.82) is 0 Å². The second kappa shape index (κ2) is 7.68. The topological polar surface area (TPSA) is 75.7 Å². The maximum atomic E-state index is 12.2. The molecule has 2 amide bonds. The standard InChI is InChI=1S/C16H24N2O4S/c1-3-17-16(19)18(11-13-8-9-13)12-14-6-5-7-15(10-14)22-23(20,21)4-2/h5-7,10,13H,3-4,8-9,11-12H2,1-2H3,(H,17,19). The SMILES string of the molecule is CCNC(=O)N(Cc1cccc(OS(=O)(=O)CC)c1)CC1CC1. The van der Waals surface area contributed by atoms with Crippen molar-refractivity contribution in [2.24, 2.45) is 5.92 Å². The van der Waals surface area contributed by atoms with Crippen LogP contribution in [-0.2, 0) is 16.7 Å². The molecule has 1 aromatic carbocycles. The lowest BCUT2D eigenvalue weighted by atomic mass is 10.2. The minimum Gasteiger partial charge on any atom is -0.382 e. The van der Waals surface area contributed by atoms with Gasteiger partial charge in [0.2, 0.25) is 0 Å². The average Bonchev–Trinajstić information content (AvgIpc) is 3.31. The summed E-state index contributed by atoms with van der Waals surface area (Å²) in [5.74, 6) is 0.786. The Morgan fingerprint density at radius 1 is 1.35 bits per heavy atom. The molecule has 0 saturated heterocycles. The number of hydrogen-bond donors (Lipinski definition) is 1. The number of urea groups is 1. The van der Waals surface area contributed by atoms with Gasteiger partial charge in [0.15, 0.2) is 0 Å². The van der Waals surface area contributed by atoms with Gasteiger partial charge >= 0.3 is 16.1 Å². The van der Waals surface area contributed by atoms with Crippen LogP contribution in [0.4, 0.5) is 4.79 Å². The van der Waals surface area contributed by atoms with Gasteiger partial charge in [-0.15, -0.1) is 0 Å². The van der Waals surface area contributed by atoms with Gasteiger partial charge in [-0.1, -0.05) is 12.1 Å². The van der Waals surface area contributed by atoms with Gasteiger partial charge in [0.05, 0.1) is 5.75 Å². The van der Waals surface area contributed by atoms with Gasteiger partial charge in [-0.2, -0.15) is 8.42 Å². The second-order valence-electron chi connectivity index (χ2n) is 5.74. The third-order valence-electron chi connectivity index (χ3n) is 3.64. The maximum Gasteiger partial charge on any atom is 0.317 e. The van der Waals surface area contributed by atoms with Crippen molar-refractivity contribution in [3.05, 3.63) is 29.8 Å². The van der Waals surface area contributed by atoms with Crippen LogP contribution in [0.5, 0.6) is 5.75 Å². The molecular formula is C16H24N2O4S. The fraction of sp³-hybridized carbons (Fsp3) is 0.562. The summed E-state index contributed by atoms with van der Waals surface area (Å²) in [6.45, 7) is 5.16. The van der Waals surface area contributed by atoms with Gasteiger partial charge < -0.3 is 14.4 Å². The Hall–Kier alpha value is -1.76. The normalized spacial score (nSPS) is 14.3. The first kappa shape index (κ1) is 17.6. The molecule has 1 aliphatic rings. The molecule has 23 heavy (non-hydrogen) atoms. The molecule has 1 aliphatic carbocycles. The van der Waals surface area contributed by atoms with E-state index in [2.05, 4.69) is 5.32 Å². The average molecular weight is 340 g/mol. The molecule has 6 nitrogen and oxygen atoms in total. The predicted octanol–water partition coefficient (Wildman–Crippen LogP) is 2.36. The zero-order valence-electron chi connectivity index (χ0n) is 13.6. The molecule has 2 rings (SSSR count). The van der Waals surface area contributed by atoms with E-state index in [9.17, 15) is 13.2 Å². The molecule has 0 aromatic heterocycles. The van der Waals surface area contributed by atoms with Crippen molar-refractivity contribution in [3.8, 4) is 5.75 Å². The highest BCUT2D eigenvalue weighted by molar-refractivity contribution is 7.87. The van der Waals surface area contributed by atoms with E-state index in [4.69, 9.17) is 4.18 Å². The first-order valence-corrected chi connectivity index (χ1v) is 9.55. The molecule has 7 heteroatoms. The number of nitrogens with one attached hydrogen (secondary N) is 1. The van der Waals surface area contributed by atoms with Crippen LogP contribution < -0.4 is 9.50 Å². The minimum atomic E-state index is -3.54. The molecule has 1 aromatic rings. The number of nitrogens with zero attached hydrogens (tertiary/aromatic N) is 1. The van der Waals surface area contributed by atoms with E-state index in [0.29, 0.717) is 19.0 Å². The Balaban J connectivity index is 2.08. The number of carbonyl (C=O) groups excluding carboxylic acids is 1. The molecule has 0 aliphatic heterocycles. The summed E-state index contributed by atoms with van der Waals surface area (Å²) in [7, 11) is -3.54. The second-order valence-corrected chi connectivity index (χ2v) is 7.60. The Labute approximate surface area is 137 Å². The third-order valence-corrected chi connectivity index (χ3v) is 4.79. The van der Waals surface area contributed by atoms with Gasteiger partial charge in [0, 0.05) is 19.6 Å². The number of benzene rings is 1. The van der Waals surface area contributed by atoms with Crippen molar-refractivity contribution in [3.63, 3.8) is 0 Å². The Morgan fingerprint density at radius 3 is 2.70 bits per heavy atom. The van der Waals surface area contributed by atoms with Gasteiger partial charge in [-0.3, -0.25) is 0 Å². The highest BCUT2D eigenvalue weighted by atomic mass is 32.2. The Bertz CT molecular complexity index is 641. The summed E-state index contributed by atoms with van der Waals surface area (Å²) >= 11 is 0. The Morgan fingerprint density at radius 2 is 2.09 bits per heavy atom. The summed E-state index contributed by atoms with van der Waals surface area (Å²) in [6.07, 6.45) is 2.32. The number of hydrogen-bond acceptors (Lipinski definition) is 4. The number of rotatable bonds is 8. The molecule has 1 saturated carbocycles. The lowest BCUT2D eigenvalue weighted by molar-refractivity contribution is 0.193. The van der Waals surface area contributed by atoms with E-state index < -0.39 is 10.1 Å². The van der Waals surface area contributed by atoms with Crippen LogP contribution in [0.2, 0.25) is 0 Å². The van der Waals surface area contributed by atoms with Gasteiger partial charge in [-0.05, 0) is 50.3 Å². The van der Waals surface area contributed by atoms with Crippen LogP contribution in [0.25, 0.3) is 0 Å². The lowest BCUT2D eigenvalue weighted by Gasteiger charge is -2.23. The van der Waals surface area contributed by atoms with Crippen molar-refractivity contribution in [2.75, 3.05) is 18.8 Å². The molecule has 0 atom stereocenters. The summed E-state index contributed by atoms with van der Waals surface area (Å²) < 4.78 is 28.1. The third kappa shape index (κ3) is 5.74. The first-order chi connectivity index (χ1) is 10.9. The molecule has 0 heterocycles. The smallest absolute Gasteiger partial charge is 0.317 e. The lowest BCUT2D eigenvalue weighted by Crippen LogP contribution is -2.40. The van der Waals surface area contributed by atoms with Gasteiger partial charge in [-0.25, -0.2) is 4.79 Å². The van der Waals surface area contributed by atoms with Crippen LogP contribution in [-0.4, -0.2) is 38.2 Å². The van der Waals surface area contributed by atoms with Crippen LogP contribution >= 0.6 is 0 Å². The van der Waals surface area contributed by atoms with Gasteiger partial charge in [0.1, 0.15) is 5.75 Å². The van der Waals surface area contributed by atoms with E-state index in [1.54, 1.807) is 23.1 Å². The predicted molar refractivity (Wildman–Crippen MR) is 88.7 cm³/mol. The quantitative estimate of drug-likeness (QED) is 0.737. The van der Waals surface area contributed by atoms with Crippen molar-refractivity contribution < 1.29 is 17.4 Å².